The number of hydrogen-bond acceptors (Lipinski definition) is 6. The van der Waals surface area contributed by atoms with Gasteiger partial charge in [-0.2, -0.15) is 13.2 Å². The molecule has 2 unspecified atom stereocenters. The van der Waals surface area contributed by atoms with Crippen LogP contribution in [0.2, 0.25) is 5.15 Å². The maximum Gasteiger partial charge on any atom is 0.416 e. The van der Waals surface area contributed by atoms with Gasteiger partial charge in [-0.15, -0.1) is 0 Å². The lowest BCUT2D eigenvalue weighted by molar-refractivity contribution is -0.137. The number of rotatable bonds is 5. The summed E-state index contributed by atoms with van der Waals surface area (Å²) >= 11 is 5.65. The molecule has 158 valence electrons. The second-order valence-corrected chi connectivity index (χ2v) is 9.77. The highest BCUT2D eigenvalue weighted by molar-refractivity contribution is 7.92. The Balaban J connectivity index is 1.77. The van der Waals surface area contributed by atoms with E-state index in [1.807, 2.05) is 0 Å². The van der Waals surface area contributed by atoms with Gasteiger partial charge in [0.1, 0.15) is 11.8 Å². The van der Waals surface area contributed by atoms with Crippen LogP contribution in [0.4, 0.5) is 13.2 Å². The van der Waals surface area contributed by atoms with Crippen molar-refractivity contribution in [2.24, 2.45) is 0 Å². The molecule has 1 saturated heterocycles. The van der Waals surface area contributed by atoms with E-state index >= 15 is 0 Å². The largest absolute Gasteiger partial charge is 0.474 e. The molecule has 6 nitrogen and oxygen atoms in total. The van der Waals surface area contributed by atoms with Gasteiger partial charge >= 0.3 is 6.18 Å². The summed E-state index contributed by atoms with van der Waals surface area (Å²) in [6.07, 6.45) is -2.36. The summed E-state index contributed by atoms with van der Waals surface area (Å²) in [4.78, 5) is 7.40. The summed E-state index contributed by atoms with van der Waals surface area (Å²) in [5.74, 6) is 0.200. The standard InChI is InChI=1S/C18H18ClF3N2O4S/c1-17(29(25,26)14-4-2-3-12(7-14)18(20,21)22)5-6-27-13(8-17)11-28-16-10-23-15(19)9-24-16/h2-4,7,9-10,13H,5-6,8,11H2,1H3. The van der Waals surface area contributed by atoms with Crippen LogP contribution >= 0.6 is 11.6 Å². The zero-order valence-corrected chi connectivity index (χ0v) is 16.9. The van der Waals surface area contributed by atoms with Gasteiger partial charge in [-0.25, -0.2) is 18.4 Å². The van der Waals surface area contributed by atoms with E-state index in [9.17, 15) is 21.6 Å². The van der Waals surface area contributed by atoms with Crippen LogP contribution in [-0.2, 0) is 20.8 Å². The molecule has 2 atom stereocenters. The van der Waals surface area contributed by atoms with Crippen LogP contribution in [0.25, 0.3) is 0 Å². The van der Waals surface area contributed by atoms with E-state index in [2.05, 4.69) is 9.97 Å². The van der Waals surface area contributed by atoms with E-state index in [4.69, 9.17) is 21.1 Å². The molecule has 1 aliphatic heterocycles. The van der Waals surface area contributed by atoms with Gasteiger partial charge in [0.25, 0.3) is 0 Å². The molecule has 0 amide bonds. The minimum Gasteiger partial charge on any atom is -0.474 e. The predicted molar refractivity (Wildman–Crippen MR) is 98.5 cm³/mol. The average Bonchev–Trinajstić information content (AvgIpc) is 2.67. The molecule has 1 aromatic carbocycles. The van der Waals surface area contributed by atoms with E-state index in [1.54, 1.807) is 0 Å². The van der Waals surface area contributed by atoms with Crippen molar-refractivity contribution < 1.29 is 31.1 Å². The number of nitrogens with zero attached hydrogens (tertiary/aromatic N) is 2. The third-order valence-corrected chi connectivity index (χ3v) is 7.52. The number of alkyl halides is 3. The van der Waals surface area contributed by atoms with Crippen LogP contribution in [-0.4, -0.2) is 42.5 Å². The molecule has 11 heteroatoms. The van der Waals surface area contributed by atoms with Crippen LogP contribution in [0.1, 0.15) is 25.3 Å². The third-order valence-electron chi connectivity index (χ3n) is 4.78. The first kappa shape index (κ1) is 21.8. The predicted octanol–water partition coefficient (Wildman–Crippen LogP) is 3.94. The van der Waals surface area contributed by atoms with Gasteiger partial charge in [0.05, 0.1) is 33.7 Å². The Bertz CT molecular complexity index is 970. The fraction of sp³-hybridized carbons (Fsp3) is 0.444. The molecular weight excluding hydrogens is 433 g/mol. The van der Waals surface area contributed by atoms with Gasteiger partial charge in [0, 0.05) is 6.61 Å². The first-order valence-electron chi connectivity index (χ1n) is 8.65. The van der Waals surface area contributed by atoms with Crippen LogP contribution in [0.15, 0.2) is 41.6 Å². The number of aromatic nitrogens is 2. The van der Waals surface area contributed by atoms with E-state index in [-0.39, 0.29) is 42.0 Å². The lowest BCUT2D eigenvalue weighted by Gasteiger charge is -2.37. The Kier molecular flexibility index (Phi) is 6.07. The maximum atomic E-state index is 13.1. The number of ether oxygens (including phenoxy) is 2. The summed E-state index contributed by atoms with van der Waals surface area (Å²) < 4.78 is 75.0. The molecule has 0 N–H and O–H groups in total. The van der Waals surface area contributed by atoms with Crippen LogP contribution in [0.5, 0.6) is 5.88 Å². The van der Waals surface area contributed by atoms with E-state index in [0.29, 0.717) is 6.07 Å². The van der Waals surface area contributed by atoms with Crippen molar-refractivity contribution in [1.82, 2.24) is 9.97 Å². The van der Waals surface area contributed by atoms with Crippen LogP contribution in [0.3, 0.4) is 0 Å². The Morgan fingerprint density at radius 3 is 2.72 bits per heavy atom. The summed E-state index contributed by atoms with van der Waals surface area (Å²) in [5.41, 5.74) is -1.00. The fourth-order valence-electron chi connectivity index (χ4n) is 3.11. The minimum atomic E-state index is -4.63. The third kappa shape index (κ3) is 4.81. The van der Waals surface area contributed by atoms with Gasteiger partial charge in [-0.1, -0.05) is 17.7 Å². The monoisotopic (exact) mass is 450 g/mol. The molecule has 2 heterocycles. The summed E-state index contributed by atoms with van der Waals surface area (Å²) in [6.45, 7) is 1.67. The van der Waals surface area contributed by atoms with Crippen LogP contribution < -0.4 is 4.74 Å². The second-order valence-electron chi connectivity index (χ2n) is 6.91. The lowest BCUT2D eigenvalue weighted by atomic mass is 9.97. The van der Waals surface area contributed by atoms with Crippen molar-refractivity contribution in [1.29, 1.82) is 0 Å². The zero-order valence-electron chi connectivity index (χ0n) is 15.3. The van der Waals surface area contributed by atoms with E-state index in [0.717, 1.165) is 12.1 Å². The average molecular weight is 451 g/mol. The number of sulfone groups is 1. The van der Waals surface area contributed by atoms with Gasteiger partial charge in [0.15, 0.2) is 9.84 Å². The highest BCUT2D eigenvalue weighted by Crippen LogP contribution is 2.38. The SMILES string of the molecule is CC1(S(=O)(=O)c2cccc(C(F)(F)F)c2)CCOC(COc2cnc(Cl)cn2)C1. The Morgan fingerprint density at radius 2 is 2.07 bits per heavy atom. The van der Waals surface area contributed by atoms with Crippen molar-refractivity contribution in [3.05, 3.63) is 47.4 Å². The normalized spacial score (nSPS) is 23.0. The van der Waals surface area contributed by atoms with Crippen molar-refractivity contribution in [2.75, 3.05) is 13.2 Å². The molecule has 0 saturated carbocycles. The summed E-state index contributed by atoms with van der Waals surface area (Å²) in [5, 5.41) is 0.200. The van der Waals surface area contributed by atoms with Crippen molar-refractivity contribution >= 4 is 21.4 Å². The molecule has 1 aromatic heterocycles. The Hall–Kier alpha value is -1.91. The molecule has 1 aliphatic rings. The molecule has 1 fully saturated rings. The topological polar surface area (TPSA) is 78.4 Å². The minimum absolute atomic E-state index is 0.0179. The van der Waals surface area contributed by atoms with Gasteiger partial charge in [-0.3, -0.25) is 0 Å². The molecule has 0 spiro atoms. The van der Waals surface area contributed by atoms with Gasteiger partial charge in [-0.05, 0) is 38.0 Å². The Labute approximate surface area is 170 Å². The quantitative estimate of drug-likeness (QED) is 0.686. The van der Waals surface area contributed by atoms with Crippen molar-refractivity contribution in [2.45, 2.75) is 41.7 Å². The fourth-order valence-corrected chi connectivity index (χ4v) is 5.08. The molecule has 2 aromatic rings. The molecule has 3 rings (SSSR count). The van der Waals surface area contributed by atoms with Crippen molar-refractivity contribution in [3.63, 3.8) is 0 Å². The van der Waals surface area contributed by atoms with Gasteiger partial charge in [0.2, 0.25) is 5.88 Å². The van der Waals surface area contributed by atoms with Crippen molar-refractivity contribution in [3.8, 4) is 5.88 Å². The molecular formula is C18H18ClF3N2O4S. The Morgan fingerprint density at radius 1 is 1.31 bits per heavy atom. The van der Waals surface area contributed by atoms with Gasteiger partial charge < -0.3 is 9.47 Å². The van der Waals surface area contributed by atoms with E-state index in [1.165, 1.54) is 25.4 Å². The number of hydrogen-bond donors (Lipinski definition) is 0. The smallest absolute Gasteiger partial charge is 0.416 e. The second kappa shape index (κ2) is 8.08. The lowest BCUT2D eigenvalue weighted by Crippen LogP contribution is -2.46. The van der Waals surface area contributed by atoms with Crippen LogP contribution in [0, 0.1) is 0 Å². The first-order valence-corrected chi connectivity index (χ1v) is 10.5. The molecule has 0 radical (unpaired) electrons. The highest BCUT2D eigenvalue weighted by Gasteiger charge is 2.45. The first-order chi connectivity index (χ1) is 13.5. The summed E-state index contributed by atoms with van der Waals surface area (Å²) in [7, 11) is -4.05. The zero-order chi connectivity index (χ0) is 21.3. The van der Waals surface area contributed by atoms with E-state index < -0.39 is 32.4 Å². The molecule has 0 bridgehead atoms. The molecule has 29 heavy (non-hydrogen) atoms. The maximum absolute atomic E-state index is 13.1. The summed E-state index contributed by atoms with van der Waals surface area (Å²) in [6, 6.07) is 3.79. The molecule has 0 aliphatic carbocycles. The number of halogens is 4. The highest BCUT2D eigenvalue weighted by atomic mass is 35.5. The number of benzene rings is 1.